The summed E-state index contributed by atoms with van der Waals surface area (Å²) < 4.78 is 0. The number of nitrogens with zero attached hydrogens (tertiary/aromatic N) is 4. The predicted octanol–water partition coefficient (Wildman–Crippen LogP) is 2.18. The Morgan fingerprint density at radius 1 is 1.09 bits per heavy atom. The number of benzene rings is 1. The van der Waals surface area contributed by atoms with Gasteiger partial charge in [0, 0.05) is 40.3 Å². The second-order valence-electron chi connectivity index (χ2n) is 5.78. The molecule has 23 heavy (non-hydrogen) atoms. The van der Waals surface area contributed by atoms with Gasteiger partial charge < -0.3 is 15.1 Å². The molecule has 1 N–H and O–H groups in total. The summed E-state index contributed by atoms with van der Waals surface area (Å²) in [5.74, 6) is 0.574. The van der Waals surface area contributed by atoms with Crippen LogP contribution in [0.3, 0.4) is 0 Å². The highest BCUT2D eigenvalue weighted by Gasteiger charge is 2.06. The average molecular weight is 313 g/mol. The van der Waals surface area contributed by atoms with Crippen molar-refractivity contribution < 1.29 is 4.79 Å². The van der Waals surface area contributed by atoms with Gasteiger partial charge >= 0.3 is 0 Å². The number of rotatable bonds is 6. The number of hydrogen-bond donors (Lipinski definition) is 1. The highest BCUT2D eigenvalue weighted by Crippen LogP contribution is 2.15. The molecule has 1 amide bonds. The van der Waals surface area contributed by atoms with E-state index < -0.39 is 0 Å². The Morgan fingerprint density at radius 3 is 2.39 bits per heavy atom. The third-order valence-electron chi connectivity index (χ3n) is 3.39. The molecule has 0 aliphatic heterocycles. The third-order valence-corrected chi connectivity index (χ3v) is 3.39. The molecule has 1 aromatic heterocycles. The molecule has 0 fully saturated rings. The number of aryl methyl sites for hydroxylation is 1. The molecule has 0 radical (unpaired) electrons. The lowest BCUT2D eigenvalue weighted by atomic mass is 10.1. The van der Waals surface area contributed by atoms with E-state index in [-0.39, 0.29) is 5.91 Å². The van der Waals surface area contributed by atoms with E-state index >= 15 is 0 Å². The van der Waals surface area contributed by atoms with E-state index in [4.69, 9.17) is 0 Å². The quantitative estimate of drug-likeness (QED) is 0.886. The van der Waals surface area contributed by atoms with Crippen molar-refractivity contribution in [2.75, 3.05) is 43.3 Å². The van der Waals surface area contributed by atoms with Crippen molar-refractivity contribution in [2.24, 2.45) is 0 Å². The molecule has 0 aliphatic carbocycles. The Morgan fingerprint density at radius 2 is 1.78 bits per heavy atom. The molecular weight excluding hydrogens is 290 g/mol. The fourth-order valence-electron chi connectivity index (χ4n) is 2.09. The Hall–Kier alpha value is -2.63. The maximum atomic E-state index is 12.0. The van der Waals surface area contributed by atoms with Crippen LogP contribution in [0.5, 0.6) is 0 Å². The lowest BCUT2D eigenvalue weighted by molar-refractivity contribution is -0.116. The minimum Gasteiger partial charge on any atom is -0.378 e. The van der Waals surface area contributed by atoms with Gasteiger partial charge in [0.2, 0.25) is 11.9 Å². The molecule has 1 aromatic carbocycles. The van der Waals surface area contributed by atoms with Crippen molar-refractivity contribution in [1.29, 1.82) is 0 Å². The summed E-state index contributed by atoms with van der Waals surface area (Å²) in [7, 11) is 7.75. The van der Waals surface area contributed by atoms with Crippen LogP contribution in [-0.4, -0.2) is 44.1 Å². The summed E-state index contributed by atoms with van der Waals surface area (Å²) in [6.07, 6.45) is 4.36. The van der Waals surface area contributed by atoms with Crippen LogP contribution in [0, 0.1) is 0 Å². The van der Waals surface area contributed by atoms with Crippen LogP contribution in [0.1, 0.15) is 12.0 Å². The summed E-state index contributed by atoms with van der Waals surface area (Å²) >= 11 is 0. The van der Waals surface area contributed by atoms with Crippen LogP contribution in [0.15, 0.2) is 36.7 Å². The Balaban J connectivity index is 1.88. The van der Waals surface area contributed by atoms with Crippen molar-refractivity contribution in [3.63, 3.8) is 0 Å². The second kappa shape index (κ2) is 7.58. The maximum absolute atomic E-state index is 12.0. The molecule has 122 valence electrons. The van der Waals surface area contributed by atoms with Crippen molar-refractivity contribution >= 4 is 23.2 Å². The summed E-state index contributed by atoms with van der Waals surface area (Å²) in [5.41, 5.74) is 2.89. The van der Waals surface area contributed by atoms with Gasteiger partial charge in [0.1, 0.15) is 0 Å². The second-order valence-corrected chi connectivity index (χ2v) is 5.78. The SMILES string of the molecule is CN(C)c1cccc(CCC(=O)Nc2cnc(N(C)C)nc2)c1. The molecule has 0 saturated carbocycles. The highest BCUT2D eigenvalue weighted by molar-refractivity contribution is 5.90. The molecule has 0 unspecified atom stereocenters. The summed E-state index contributed by atoms with van der Waals surface area (Å²) in [6, 6.07) is 8.20. The van der Waals surface area contributed by atoms with Gasteiger partial charge in [-0.3, -0.25) is 4.79 Å². The van der Waals surface area contributed by atoms with Gasteiger partial charge in [0.15, 0.2) is 0 Å². The van der Waals surface area contributed by atoms with E-state index in [9.17, 15) is 4.79 Å². The summed E-state index contributed by atoms with van der Waals surface area (Å²) in [4.78, 5) is 24.2. The first-order chi connectivity index (χ1) is 11.0. The van der Waals surface area contributed by atoms with E-state index in [2.05, 4.69) is 21.4 Å². The van der Waals surface area contributed by atoms with Crippen LogP contribution < -0.4 is 15.1 Å². The minimum absolute atomic E-state index is 0.0403. The van der Waals surface area contributed by atoms with Crippen LogP contribution in [0.2, 0.25) is 0 Å². The first kappa shape index (κ1) is 16.7. The number of carbonyl (C=O) groups is 1. The van der Waals surface area contributed by atoms with Crippen molar-refractivity contribution in [2.45, 2.75) is 12.8 Å². The average Bonchev–Trinajstić information content (AvgIpc) is 2.53. The van der Waals surface area contributed by atoms with Gasteiger partial charge in [-0.15, -0.1) is 0 Å². The number of anilines is 3. The first-order valence-electron chi connectivity index (χ1n) is 7.51. The van der Waals surface area contributed by atoms with Crippen LogP contribution in [-0.2, 0) is 11.2 Å². The zero-order valence-electron chi connectivity index (χ0n) is 14.1. The van der Waals surface area contributed by atoms with Gasteiger partial charge in [0.05, 0.1) is 18.1 Å². The minimum atomic E-state index is -0.0403. The van der Waals surface area contributed by atoms with Crippen molar-refractivity contribution in [3.05, 3.63) is 42.2 Å². The van der Waals surface area contributed by atoms with Gasteiger partial charge in [-0.25, -0.2) is 9.97 Å². The molecule has 6 nitrogen and oxygen atoms in total. The van der Waals surface area contributed by atoms with Gasteiger partial charge in [-0.2, -0.15) is 0 Å². The van der Waals surface area contributed by atoms with Crippen LogP contribution >= 0.6 is 0 Å². The van der Waals surface area contributed by atoms with Crippen molar-refractivity contribution in [3.8, 4) is 0 Å². The number of aromatic nitrogens is 2. The Kier molecular flexibility index (Phi) is 5.51. The normalized spacial score (nSPS) is 10.3. The fraction of sp³-hybridized carbons (Fsp3) is 0.353. The Labute approximate surface area is 137 Å². The van der Waals surface area contributed by atoms with E-state index in [1.807, 2.05) is 56.2 Å². The van der Waals surface area contributed by atoms with E-state index in [1.165, 1.54) is 0 Å². The monoisotopic (exact) mass is 313 g/mol. The van der Waals surface area contributed by atoms with Crippen LogP contribution in [0.25, 0.3) is 0 Å². The molecule has 0 aliphatic rings. The molecule has 2 rings (SSSR count). The topological polar surface area (TPSA) is 61.4 Å². The Bertz CT molecular complexity index is 652. The van der Waals surface area contributed by atoms with E-state index in [1.54, 1.807) is 12.4 Å². The molecule has 6 heteroatoms. The molecular formula is C17H23N5O. The van der Waals surface area contributed by atoms with E-state index in [0.29, 0.717) is 24.5 Å². The fourth-order valence-corrected chi connectivity index (χ4v) is 2.09. The maximum Gasteiger partial charge on any atom is 0.224 e. The lowest BCUT2D eigenvalue weighted by Crippen LogP contribution is -2.15. The zero-order chi connectivity index (χ0) is 16.8. The molecule has 0 saturated heterocycles. The van der Waals surface area contributed by atoms with Gasteiger partial charge in [0.25, 0.3) is 0 Å². The molecule has 2 aromatic rings. The van der Waals surface area contributed by atoms with Crippen molar-refractivity contribution in [1.82, 2.24) is 9.97 Å². The molecule has 0 atom stereocenters. The number of nitrogens with one attached hydrogen (secondary N) is 1. The third kappa shape index (κ3) is 4.95. The lowest BCUT2D eigenvalue weighted by Gasteiger charge is -2.13. The number of hydrogen-bond acceptors (Lipinski definition) is 5. The number of amides is 1. The zero-order valence-corrected chi connectivity index (χ0v) is 14.1. The summed E-state index contributed by atoms with van der Waals surface area (Å²) in [5, 5.41) is 2.82. The molecule has 0 spiro atoms. The van der Waals surface area contributed by atoms with Crippen LogP contribution in [0.4, 0.5) is 17.3 Å². The highest BCUT2D eigenvalue weighted by atomic mass is 16.1. The molecule has 1 heterocycles. The smallest absolute Gasteiger partial charge is 0.224 e. The first-order valence-corrected chi connectivity index (χ1v) is 7.51. The van der Waals surface area contributed by atoms with Gasteiger partial charge in [-0.05, 0) is 24.1 Å². The number of carbonyl (C=O) groups excluding carboxylic acids is 1. The van der Waals surface area contributed by atoms with Gasteiger partial charge in [-0.1, -0.05) is 12.1 Å². The standard InChI is InChI=1S/C17H23N5O/c1-21(2)15-7-5-6-13(10-15)8-9-16(23)20-14-11-18-17(19-12-14)22(3)4/h5-7,10-12H,8-9H2,1-4H3,(H,20,23). The summed E-state index contributed by atoms with van der Waals surface area (Å²) in [6.45, 7) is 0. The predicted molar refractivity (Wildman–Crippen MR) is 94.1 cm³/mol. The molecule has 0 bridgehead atoms. The van der Waals surface area contributed by atoms with E-state index in [0.717, 1.165) is 11.3 Å². The largest absolute Gasteiger partial charge is 0.378 e.